The summed E-state index contributed by atoms with van der Waals surface area (Å²) < 4.78 is 5.17. The first-order valence-electron chi connectivity index (χ1n) is 3.96. The molecule has 0 unspecified atom stereocenters. The Bertz CT molecular complexity index is 69.1. The van der Waals surface area contributed by atoms with Gasteiger partial charge in [-0.2, -0.15) is 0 Å². The molecule has 0 saturated heterocycles. The van der Waals surface area contributed by atoms with Gasteiger partial charge < -0.3 is 4.74 Å². The first-order valence-corrected chi connectivity index (χ1v) is 3.96. The summed E-state index contributed by atoms with van der Waals surface area (Å²) in [5.41, 5.74) is 0. The molecule has 0 fully saturated rings. The molecule has 0 aromatic rings. The minimum atomic E-state index is 0.863. The van der Waals surface area contributed by atoms with Gasteiger partial charge in [0.15, 0.2) is 0 Å². The molecule has 0 bridgehead atoms. The summed E-state index contributed by atoms with van der Waals surface area (Å²) in [6, 6.07) is 0. The van der Waals surface area contributed by atoms with E-state index in [0.29, 0.717) is 0 Å². The van der Waals surface area contributed by atoms with Crippen LogP contribution in [-0.2, 0) is 4.74 Å². The lowest BCUT2D eigenvalue weighted by Gasteiger charge is -1.98. The predicted octanol–water partition coefficient (Wildman–Crippen LogP) is 2.93. The molecule has 0 heterocycles. The number of hydrogen-bond donors (Lipinski definition) is 0. The molecule has 0 aromatic carbocycles. The van der Waals surface area contributed by atoms with Gasteiger partial charge in [-0.1, -0.05) is 13.0 Å². The molecule has 0 spiro atoms. The van der Waals surface area contributed by atoms with Crippen LogP contribution in [0, 0.1) is 6.61 Å². The fourth-order valence-corrected chi connectivity index (χ4v) is 0.675. The highest BCUT2D eigenvalue weighted by Gasteiger charge is 1.86. The van der Waals surface area contributed by atoms with Gasteiger partial charge in [0.05, 0.1) is 6.61 Å². The topological polar surface area (TPSA) is 9.23 Å². The third kappa shape index (κ3) is 7.70. The Labute approximate surface area is 64.1 Å². The molecule has 0 saturated carbocycles. The Morgan fingerprint density at radius 3 is 2.80 bits per heavy atom. The van der Waals surface area contributed by atoms with E-state index in [9.17, 15) is 0 Å². The van der Waals surface area contributed by atoms with Gasteiger partial charge in [0.2, 0.25) is 0 Å². The van der Waals surface area contributed by atoms with Gasteiger partial charge in [-0.25, -0.2) is 0 Å². The van der Waals surface area contributed by atoms with Crippen LogP contribution in [0.15, 0.2) is 12.7 Å². The summed E-state index contributed by atoms with van der Waals surface area (Å²) in [5, 5.41) is 0. The normalized spacial score (nSPS) is 9.70. The summed E-state index contributed by atoms with van der Waals surface area (Å²) in [4.78, 5) is 0. The SMILES string of the molecule is C=CCCCCO[CH]CC. The van der Waals surface area contributed by atoms with Gasteiger partial charge in [-0.15, -0.1) is 6.58 Å². The molecule has 0 rings (SSSR count). The van der Waals surface area contributed by atoms with Crippen LogP contribution in [0.25, 0.3) is 0 Å². The van der Waals surface area contributed by atoms with E-state index >= 15 is 0 Å². The maximum atomic E-state index is 5.17. The van der Waals surface area contributed by atoms with Crippen LogP contribution >= 0.6 is 0 Å². The molecular formula is C9H17O. The third-order valence-corrected chi connectivity index (χ3v) is 1.20. The number of unbranched alkanes of at least 4 members (excludes halogenated alkanes) is 2. The van der Waals surface area contributed by atoms with Gasteiger partial charge in [-0.05, 0) is 25.7 Å². The minimum absolute atomic E-state index is 0.863. The fraction of sp³-hybridized carbons (Fsp3) is 0.667. The van der Waals surface area contributed by atoms with Crippen molar-refractivity contribution in [3.8, 4) is 0 Å². The molecule has 1 heteroatoms. The number of ether oxygens (including phenoxy) is 1. The van der Waals surface area contributed by atoms with E-state index in [1.165, 1.54) is 6.42 Å². The molecule has 0 aliphatic rings. The van der Waals surface area contributed by atoms with Crippen LogP contribution in [0.5, 0.6) is 0 Å². The molecule has 0 amide bonds. The Kier molecular flexibility index (Phi) is 8.44. The summed E-state index contributed by atoms with van der Waals surface area (Å²) in [7, 11) is 0. The quantitative estimate of drug-likeness (QED) is 0.391. The second kappa shape index (κ2) is 8.70. The molecule has 0 atom stereocenters. The zero-order valence-electron chi connectivity index (χ0n) is 6.81. The van der Waals surface area contributed by atoms with Crippen molar-refractivity contribution in [2.45, 2.75) is 32.6 Å². The maximum Gasteiger partial charge on any atom is 0.0833 e. The van der Waals surface area contributed by atoms with Gasteiger partial charge in [0.1, 0.15) is 0 Å². The second-order valence-electron chi connectivity index (χ2n) is 2.23. The van der Waals surface area contributed by atoms with Crippen LogP contribution in [-0.4, -0.2) is 6.61 Å². The number of allylic oxidation sites excluding steroid dienone is 1. The highest BCUT2D eigenvalue weighted by molar-refractivity contribution is 4.65. The monoisotopic (exact) mass is 141 g/mol. The van der Waals surface area contributed by atoms with Crippen molar-refractivity contribution in [3.63, 3.8) is 0 Å². The van der Waals surface area contributed by atoms with E-state index in [1.807, 2.05) is 12.7 Å². The van der Waals surface area contributed by atoms with Crippen molar-refractivity contribution in [2.75, 3.05) is 6.61 Å². The third-order valence-electron chi connectivity index (χ3n) is 1.20. The highest BCUT2D eigenvalue weighted by Crippen LogP contribution is 1.97. The van der Waals surface area contributed by atoms with Gasteiger partial charge in [0, 0.05) is 6.61 Å². The van der Waals surface area contributed by atoms with E-state index < -0.39 is 0 Å². The predicted molar refractivity (Wildman–Crippen MR) is 44.6 cm³/mol. The summed E-state index contributed by atoms with van der Waals surface area (Å²) in [5.74, 6) is 0. The van der Waals surface area contributed by atoms with E-state index in [1.54, 1.807) is 0 Å². The van der Waals surface area contributed by atoms with Crippen molar-refractivity contribution in [1.29, 1.82) is 0 Å². The number of hydrogen-bond acceptors (Lipinski definition) is 1. The maximum absolute atomic E-state index is 5.17. The molecule has 1 nitrogen and oxygen atoms in total. The Hall–Kier alpha value is -0.300. The van der Waals surface area contributed by atoms with Crippen LogP contribution < -0.4 is 0 Å². The zero-order chi connectivity index (χ0) is 7.66. The summed E-state index contributed by atoms with van der Waals surface area (Å²) in [6.45, 7) is 8.44. The number of rotatable bonds is 7. The van der Waals surface area contributed by atoms with Crippen molar-refractivity contribution in [1.82, 2.24) is 0 Å². The van der Waals surface area contributed by atoms with E-state index in [0.717, 1.165) is 25.9 Å². The van der Waals surface area contributed by atoms with E-state index in [-0.39, 0.29) is 0 Å². The van der Waals surface area contributed by atoms with Gasteiger partial charge in [-0.3, -0.25) is 0 Å². The van der Waals surface area contributed by atoms with Crippen molar-refractivity contribution in [2.24, 2.45) is 0 Å². The Morgan fingerprint density at radius 1 is 1.40 bits per heavy atom. The molecule has 0 aliphatic carbocycles. The van der Waals surface area contributed by atoms with Gasteiger partial charge in [0.25, 0.3) is 0 Å². The molecule has 59 valence electrons. The molecule has 1 radical (unpaired) electrons. The van der Waals surface area contributed by atoms with E-state index in [2.05, 4.69) is 13.5 Å². The summed E-state index contributed by atoms with van der Waals surface area (Å²) >= 11 is 0. The molecule has 0 N–H and O–H groups in total. The lowest BCUT2D eigenvalue weighted by atomic mass is 10.2. The standard InChI is InChI=1S/C9H17O/c1-3-5-6-7-9-10-8-4-2/h3,8H,1,4-7,9H2,2H3. The summed E-state index contributed by atoms with van der Waals surface area (Å²) in [6.07, 6.45) is 6.39. The fourth-order valence-electron chi connectivity index (χ4n) is 0.675. The van der Waals surface area contributed by atoms with Crippen LogP contribution in [0.2, 0.25) is 0 Å². The van der Waals surface area contributed by atoms with Crippen LogP contribution in [0.4, 0.5) is 0 Å². The van der Waals surface area contributed by atoms with Crippen molar-refractivity contribution in [3.05, 3.63) is 19.3 Å². The minimum Gasteiger partial charge on any atom is -0.376 e. The average Bonchev–Trinajstić information content (AvgIpc) is 1.97. The first kappa shape index (κ1) is 9.70. The Balaban J connectivity index is 2.70. The molecule has 0 aromatic heterocycles. The lowest BCUT2D eigenvalue weighted by molar-refractivity contribution is 0.189. The Morgan fingerprint density at radius 2 is 2.20 bits per heavy atom. The lowest BCUT2D eigenvalue weighted by Crippen LogP contribution is -1.90. The van der Waals surface area contributed by atoms with Gasteiger partial charge >= 0.3 is 0 Å². The molecule has 10 heavy (non-hydrogen) atoms. The van der Waals surface area contributed by atoms with Crippen LogP contribution in [0.3, 0.4) is 0 Å². The van der Waals surface area contributed by atoms with Crippen LogP contribution in [0.1, 0.15) is 32.6 Å². The van der Waals surface area contributed by atoms with Crippen molar-refractivity contribution < 1.29 is 4.74 Å². The second-order valence-corrected chi connectivity index (χ2v) is 2.23. The largest absolute Gasteiger partial charge is 0.376 e. The molecular weight excluding hydrogens is 124 g/mol. The van der Waals surface area contributed by atoms with E-state index in [4.69, 9.17) is 4.74 Å². The first-order chi connectivity index (χ1) is 4.91. The van der Waals surface area contributed by atoms with Crippen molar-refractivity contribution >= 4 is 0 Å². The highest BCUT2D eigenvalue weighted by atomic mass is 16.5. The average molecular weight is 141 g/mol. The smallest absolute Gasteiger partial charge is 0.0833 e. The molecule has 0 aliphatic heterocycles. The zero-order valence-corrected chi connectivity index (χ0v) is 6.81.